The van der Waals surface area contributed by atoms with Crippen LogP contribution in [0.15, 0.2) is 91.4 Å². The summed E-state index contributed by atoms with van der Waals surface area (Å²) in [4.78, 5) is 55.7. The molecule has 4 amide bonds. The molecule has 6 rings (SSSR count). The minimum absolute atomic E-state index is 0.0477. The monoisotopic (exact) mass is 718 g/mol. The van der Waals surface area contributed by atoms with E-state index < -0.39 is 18.0 Å². The lowest BCUT2D eigenvalue weighted by atomic mass is 9.81. The molecule has 4 aromatic rings. The fourth-order valence-electron chi connectivity index (χ4n) is 7.60. The zero-order chi connectivity index (χ0) is 37.3. The average Bonchev–Trinajstić information content (AvgIpc) is 3.21. The number of rotatable bonds is 14. The van der Waals surface area contributed by atoms with Gasteiger partial charge in [-0.2, -0.15) is 0 Å². The van der Waals surface area contributed by atoms with E-state index in [-0.39, 0.29) is 24.3 Å². The van der Waals surface area contributed by atoms with Gasteiger partial charge >= 0.3 is 6.03 Å². The molecule has 2 aromatic heterocycles. The van der Waals surface area contributed by atoms with Crippen molar-refractivity contribution < 1.29 is 23.9 Å². The van der Waals surface area contributed by atoms with Gasteiger partial charge in [0.1, 0.15) is 23.4 Å². The summed E-state index contributed by atoms with van der Waals surface area (Å²) in [6.45, 7) is 3.20. The van der Waals surface area contributed by atoms with E-state index in [2.05, 4.69) is 22.1 Å². The molecule has 0 bridgehead atoms. The number of aromatic nitrogens is 2. The number of hydrogen-bond acceptors (Lipinski definition) is 8. The van der Waals surface area contributed by atoms with Crippen LogP contribution in [0.25, 0.3) is 0 Å². The zero-order valence-electron chi connectivity index (χ0n) is 31.1. The molecule has 0 spiro atoms. The molecule has 1 aliphatic heterocycles. The quantitative estimate of drug-likeness (QED) is 0.142. The van der Waals surface area contributed by atoms with Crippen LogP contribution < -0.4 is 24.6 Å². The highest BCUT2D eigenvalue weighted by Crippen LogP contribution is 2.35. The van der Waals surface area contributed by atoms with E-state index in [0.717, 1.165) is 71.0 Å². The van der Waals surface area contributed by atoms with Gasteiger partial charge in [0, 0.05) is 50.5 Å². The number of urea groups is 1. The molecule has 11 nitrogen and oxygen atoms in total. The number of benzene rings is 2. The Morgan fingerprint density at radius 1 is 0.849 bits per heavy atom. The lowest BCUT2D eigenvalue weighted by Crippen LogP contribution is -2.71. The van der Waals surface area contributed by atoms with Gasteiger partial charge in [-0.1, -0.05) is 50.5 Å². The maximum absolute atomic E-state index is 14.2. The smallest absolute Gasteiger partial charge is 0.325 e. The van der Waals surface area contributed by atoms with Gasteiger partial charge in [-0.15, -0.1) is 0 Å². The zero-order valence-corrected chi connectivity index (χ0v) is 31.1. The van der Waals surface area contributed by atoms with E-state index in [1.54, 1.807) is 52.0 Å². The largest absolute Gasteiger partial charge is 0.497 e. The molecular weight excluding hydrogens is 668 g/mol. The Bertz CT molecular complexity index is 1780. The van der Waals surface area contributed by atoms with E-state index in [0.29, 0.717) is 24.7 Å². The number of likely N-dealkylation sites (tertiary alicyclic amines) is 1. The summed E-state index contributed by atoms with van der Waals surface area (Å²) in [5.74, 6) is 1.26. The number of hydrogen-bond donors (Lipinski definition) is 1. The highest BCUT2D eigenvalue weighted by molar-refractivity contribution is 6.12. The molecule has 3 atom stereocenters. The third kappa shape index (κ3) is 8.79. The Labute approximate surface area is 312 Å². The first kappa shape index (κ1) is 37.3. The summed E-state index contributed by atoms with van der Waals surface area (Å²) >= 11 is 0. The van der Waals surface area contributed by atoms with E-state index in [1.165, 1.54) is 11.3 Å². The molecule has 278 valence electrons. The molecule has 1 saturated heterocycles. The average molecular weight is 719 g/mol. The summed E-state index contributed by atoms with van der Waals surface area (Å²) < 4.78 is 10.7. The Balaban J connectivity index is 1.26. The Morgan fingerprint density at radius 3 is 2.02 bits per heavy atom. The van der Waals surface area contributed by atoms with Crippen LogP contribution in [0.1, 0.15) is 62.1 Å². The third-order valence-corrected chi connectivity index (χ3v) is 10.7. The molecule has 0 unspecified atom stereocenters. The number of anilines is 2. The van der Waals surface area contributed by atoms with Crippen molar-refractivity contribution in [3.05, 3.63) is 108 Å². The minimum atomic E-state index is -0.962. The third-order valence-electron chi connectivity index (χ3n) is 10.7. The van der Waals surface area contributed by atoms with Gasteiger partial charge in [0.05, 0.1) is 20.1 Å². The van der Waals surface area contributed by atoms with Crippen molar-refractivity contribution in [2.75, 3.05) is 31.1 Å². The van der Waals surface area contributed by atoms with Crippen LogP contribution in [0.4, 0.5) is 16.3 Å². The van der Waals surface area contributed by atoms with Gasteiger partial charge in [0.2, 0.25) is 5.91 Å². The number of β-lactam (4-membered cyclic amide) rings is 1. The summed E-state index contributed by atoms with van der Waals surface area (Å²) in [5.41, 5.74) is 3.63. The Morgan fingerprint density at radius 2 is 1.45 bits per heavy atom. The van der Waals surface area contributed by atoms with Crippen LogP contribution in [-0.4, -0.2) is 66.1 Å². The van der Waals surface area contributed by atoms with Gasteiger partial charge in [0.25, 0.3) is 5.91 Å². The van der Waals surface area contributed by atoms with Crippen LogP contribution in [0.2, 0.25) is 0 Å². The summed E-state index contributed by atoms with van der Waals surface area (Å²) in [5, 5.41) is 3.15. The molecule has 0 radical (unpaired) electrons. The number of methoxy groups -OCH3 is 2. The van der Waals surface area contributed by atoms with Crippen LogP contribution in [0.3, 0.4) is 0 Å². The minimum Gasteiger partial charge on any atom is -0.497 e. The second-order valence-corrected chi connectivity index (χ2v) is 14.0. The summed E-state index contributed by atoms with van der Waals surface area (Å²) in [7, 11) is 4.96. The van der Waals surface area contributed by atoms with Gasteiger partial charge in [-0.25, -0.2) is 9.78 Å². The van der Waals surface area contributed by atoms with Crippen molar-refractivity contribution in [3.63, 3.8) is 0 Å². The summed E-state index contributed by atoms with van der Waals surface area (Å²) in [6, 6.07) is 21.7. The lowest BCUT2D eigenvalue weighted by Gasteiger charge is -2.46. The van der Waals surface area contributed by atoms with Crippen molar-refractivity contribution in [1.29, 1.82) is 0 Å². The number of amides is 4. The Hall–Kier alpha value is -5.45. The molecule has 2 aliphatic rings. The van der Waals surface area contributed by atoms with Gasteiger partial charge in [-0.3, -0.25) is 19.5 Å². The van der Waals surface area contributed by atoms with E-state index in [9.17, 15) is 14.4 Å². The van der Waals surface area contributed by atoms with Crippen LogP contribution >= 0.6 is 0 Å². The maximum Gasteiger partial charge on any atom is 0.325 e. The number of pyridine rings is 2. The van der Waals surface area contributed by atoms with E-state index in [1.807, 2.05) is 60.7 Å². The molecule has 11 heteroatoms. The van der Waals surface area contributed by atoms with Crippen LogP contribution in [-0.2, 0) is 29.1 Å². The summed E-state index contributed by atoms with van der Waals surface area (Å²) in [6.07, 6.45) is 11.6. The van der Waals surface area contributed by atoms with E-state index in [4.69, 9.17) is 14.5 Å². The fraction of sp³-hybridized carbons (Fsp3) is 0.405. The first-order valence-electron chi connectivity index (χ1n) is 18.6. The number of imide groups is 1. The normalized spacial score (nSPS) is 17.7. The number of likely N-dealkylation sites (N-methyl/N-ethyl adjacent to an activating group) is 1. The predicted octanol–water partition coefficient (Wildman–Crippen LogP) is 6.80. The molecule has 2 aromatic carbocycles. The van der Waals surface area contributed by atoms with Crippen molar-refractivity contribution in [2.45, 2.75) is 77.0 Å². The molecule has 3 heterocycles. The topological polar surface area (TPSA) is 117 Å². The standard InChI is InChI=1S/C42H50N6O5/c1-5-37(32-9-7-6-8-10-32)45-42(51)48-39(41(50)46(2)33-20-22-43-23-21-33)36(40(48)49)25-31-19-24-44-38(26-31)47(27-29-11-15-34(52-3)16-12-29)28-30-13-17-35(53-4)18-14-30/h11-24,26,32,36-37,39H,5-10,25,27-28H2,1-4H3,(H,45,51)/t36-,37-,39+/m1/s1. The maximum atomic E-state index is 14.2. The second-order valence-electron chi connectivity index (χ2n) is 14.0. The van der Waals surface area contributed by atoms with Crippen molar-refractivity contribution in [1.82, 2.24) is 20.2 Å². The number of carbonyl (C=O) groups is 3. The first-order chi connectivity index (χ1) is 25.8. The number of nitrogens with zero attached hydrogens (tertiary/aromatic N) is 5. The van der Waals surface area contributed by atoms with Crippen molar-refractivity contribution in [3.8, 4) is 11.5 Å². The molecule has 53 heavy (non-hydrogen) atoms. The van der Waals surface area contributed by atoms with E-state index >= 15 is 0 Å². The SMILES string of the molecule is CC[C@@H](NC(=O)N1C(=O)[C@H](Cc2ccnc(N(Cc3ccc(OC)cc3)Cc3ccc(OC)cc3)c2)[C@H]1C(=O)N(C)c1ccncc1)C1CCCCC1. The molecule has 1 saturated carbocycles. The predicted molar refractivity (Wildman–Crippen MR) is 205 cm³/mol. The number of carbonyl (C=O) groups excluding carboxylic acids is 3. The first-order valence-corrected chi connectivity index (χ1v) is 18.6. The van der Waals surface area contributed by atoms with Crippen molar-refractivity contribution in [2.24, 2.45) is 11.8 Å². The second kappa shape index (κ2) is 17.4. The highest BCUT2D eigenvalue weighted by atomic mass is 16.5. The molecular formula is C42H50N6O5. The fourth-order valence-corrected chi connectivity index (χ4v) is 7.60. The molecule has 2 fully saturated rings. The Kier molecular flexibility index (Phi) is 12.2. The van der Waals surface area contributed by atoms with Gasteiger partial charge in [-0.05, 0) is 96.8 Å². The van der Waals surface area contributed by atoms with Gasteiger partial charge < -0.3 is 24.6 Å². The molecule has 1 aliphatic carbocycles. The number of ether oxygens (including phenoxy) is 2. The van der Waals surface area contributed by atoms with Crippen molar-refractivity contribution >= 4 is 29.4 Å². The lowest BCUT2D eigenvalue weighted by molar-refractivity contribution is -0.156. The van der Waals surface area contributed by atoms with Crippen LogP contribution in [0.5, 0.6) is 11.5 Å². The highest BCUT2D eigenvalue weighted by Gasteiger charge is 2.55. The van der Waals surface area contributed by atoms with Crippen LogP contribution in [0, 0.1) is 11.8 Å². The van der Waals surface area contributed by atoms with Gasteiger partial charge in [0.15, 0.2) is 0 Å². The molecule has 1 N–H and O–H groups in total. The number of nitrogens with one attached hydrogen (secondary N) is 1.